The zero-order valence-corrected chi connectivity index (χ0v) is 21.9. The fourth-order valence-corrected chi connectivity index (χ4v) is 4.61. The number of hydrogen-bond acceptors (Lipinski definition) is 6. The van der Waals surface area contributed by atoms with Crippen molar-refractivity contribution in [1.29, 1.82) is 0 Å². The van der Waals surface area contributed by atoms with Crippen LogP contribution in [-0.2, 0) is 17.9 Å². The third-order valence-corrected chi connectivity index (χ3v) is 6.63. The summed E-state index contributed by atoms with van der Waals surface area (Å²) in [6, 6.07) is 22.5. The number of amides is 1. The minimum Gasteiger partial charge on any atom is -0.490 e. The lowest BCUT2D eigenvalue weighted by molar-refractivity contribution is -0.118. The number of benzene rings is 3. The van der Waals surface area contributed by atoms with Gasteiger partial charge < -0.3 is 20.1 Å². The van der Waals surface area contributed by atoms with E-state index in [-0.39, 0.29) is 5.91 Å². The number of halogens is 1. The molecule has 1 aliphatic heterocycles. The highest BCUT2D eigenvalue weighted by atomic mass is 35.5. The molecule has 1 unspecified atom stereocenters. The van der Waals surface area contributed by atoms with Crippen molar-refractivity contribution in [2.75, 3.05) is 11.9 Å². The summed E-state index contributed by atoms with van der Waals surface area (Å²) in [7, 11) is 0. The second-order valence-corrected chi connectivity index (χ2v) is 9.19. The van der Waals surface area contributed by atoms with E-state index in [1.54, 1.807) is 4.68 Å². The van der Waals surface area contributed by atoms with E-state index < -0.39 is 6.04 Å². The lowest BCUT2D eigenvalue weighted by atomic mass is 9.94. The SMILES string of the molecule is CCOc1cc(C2C(C(=O)NCc3ccccc3)=C(C)Nc3ncnn32)ccc1OCc1ccccc1Cl. The predicted octanol–water partition coefficient (Wildman–Crippen LogP) is 5.51. The molecule has 0 saturated carbocycles. The molecule has 0 radical (unpaired) electrons. The summed E-state index contributed by atoms with van der Waals surface area (Å²) in [5, 5.41) is 11.3. The number of anilines is 1. The van der Waals surface area contributed by atoms with E-state index in [1.807, 2.05) is 86.6 Å². The number of carbonyl (C=O) groups excluding carboxylic acids is 1. The molecule has 0 spiro atoms. The summed E-state index contributed by atoms with van der Waals surface area (Å²) in [5.74, 6) is 1.52. The van der Waals surface area contributed by atoms with Crippen molar-refractivity contribution >= 4 is 23.5 Å². The zero-order valence-electron chi connectivity index (χ0n) is 21.1. The maximum Gasteiger partial charge on any atom is 0.251 e. The quantitative estimate of drug-likeness (QED) is 0.297. The average Bonchev–Trinajstić information content (AvgIpc) is 3.40. The lowest BCUT2D eigenvalue weighted by Gasteiger charge is -2.29. The van der Waals surface area contributed by atoms with Crippen LogP contribution in [0.25, 0.3) is 0 Å². The maximum atomic E-state index is 13.5. The molecule has 2 heterocycles. The molecular formula is C29H28ClN5O3. The molecule has 0 saturated heterocycles. The number of hydrogen-bond donors (Lipinski definition) is 2. The fraction of sp³-hybridized carbons (Fsp3) is 0.207. The van der Waals surface area contributed by atoms with Crippen molar-refractivity contribution < 1.29 is 14.3 Å². The second-order valence-electron chi connectivity index (χ2n) is 8.78. The van der Waals surface area contributed by atoms with Crippen LogP contribution in [0.2, 0.25) is 5.02 Å². The minimum atomic E-state index is -0.513. The monoisotopic (exact) mass is 529 g/mol. The fourth-order valence-electron chi connectivity index (χ4n) is 4.42. The van der Waals surface area contributed by atoms with Crippen molar-refractivity contribution in [2.45, 2.75) is 33.0 Å². The summed E-state index contributed by atoms with van der Waals surface area (Å²) >= 11 is 6.30. The molecule has 1 aromatic heterocycles. The predicted molar refractivity (Wildman–Crippen MR) is 146 cm³/mol. The Hall–Kier alpha value is -4.30. The maximum absolute atomic E-state index is 13.5. The molecule has 0 fully saturated rings. The number of ether oxygens (including phenoxy) is 2. The highest BCUT2D eigenvalue weighted by Crippen LogP contribution is 2.39. The van der Waals surface area contributed by atoms with Crippen molar-refractivity contribution in [1.82, 2.24) is 20.1 Å². The Kier molecular flexibility index (Phi) is 7.60. The van der Waals surface area contributed by atoms with E-state index in [9.17, 15) is 4.79 Å². The number of carbonyl (C=O) groups is 1. The van der Waals surface area contributed by atoms with Crippen LogP contribution in [0.1, 0.15) is 36.6 Å². The summed E-state index contributed by atoms with van der Waals surface area (Å²) < 4.78 is 13.7. The van der Waals surface area contributed by atoms with Crippen LogP contribution in [0.5, 0.6) is 11.5 Å². The first-order valence-corrected chi connectivity index (χ1v) is 12.7. The van der Waals surface area contributed by atoms with Crippen LogP contribution in [0.3, 0.4) is 0 Å². The molecule has 4 aromatic rings. The molecule has 38 heavy (non-hydrogen) atoms. The molecule has 0 aliphatic carbocycles. The van der Waals surface area contributed by atoms with Gasteiger partial charge >= 0.3 is 0 Å². The third kappa shape index (κ3) is 5.35. The first kappa shape index (κ1) is 25.4. The van der Waals surface area contributed by atoms with Crippen LogP contribution in [-0.4, -0.2) is 27.3 Å². The van der Waals surface area contributed by atoms with E-state index in [1.165, 1.54) is 6.33 Å². The van der Waals surface area contributed by atoms with E-state index in [4.69, 9.17) is 21.1 Å². The van der Waals surface area contributed by atoms with Gasteiger partial charge in [0.15, 0.2) is 11.5 Å². The summed E-state index contributed by atoms with van der Waals surface area (Å²) in [6.45, 7) is 4.94. The average molecular weight is 530 g/mol. The lowest BCUT2D eigenvalue weighted by Crippen LogP contribution is -2.34. The van der Waals surface area contributed by atoms with E-state index in [2.05, 4.69) is 20.7 Å². The van der Waals surface area contributed by atoms with Crippen molar-refractivity contribution in [3.63, 3.8) is 0 Å². The van der Waals surface area contributed by atoms with Crippen molar-refractivity contribution in [3.8, 4) is 11.5 Å². The molecule has 9 heteroatoms. The Bertz CT molecular complexity index is 1470. The van der Waals surface area contributed by atoms with Gasteiger partial charge in [-0.15, -0.1) is 0 Å². The Labute approximate surface area is 226 Å². The molecule has 1 amide bonds. The Balaban J connectivity index is 1.46. The first-order chi connectivity index (χ1) is 18.5. The standard InChI is InChI=1S/C29H28ClN5O3/c1-3-37-25-15-21(13-14-24(25)38-17-22-11-7-8-12-23(22)30)27-26(19(2)34-29-32-18-33-35(27)29)28(36)31-16-20-9-5-4-6-10-20/h4-15,18,27H,3,16-17H2,1-2H3,(H,31,36)(H,32,33,34). The molecule has 5 rings (SSSR count). The zero-order chi connectivity index (χ0) is 26.5. The normalized spacial score (nSPS) is 14.4. The van der Waals surface area contributed by atoms with Crippen LogP contribution < -0.4 is 20.1 Å². The van der Waals surface area contributed by atoms with Crippen LogP contribution in [0.4, 0.5) is 5.95 Å². The van der Waals surface area contributed by atoms with Crippen LogP contribution in [0, 0.1) is 0 Å². The van der Waals surface area contributed by atoms with Gasteiger partial charge in [0.1, 0.15) is 19.0 Å². The first-order valence-electron chi connectivity index (χ1n) is 12.4. The third-order valence-electron chi connectivity index (χ3n) is 6.26. The Morgan fingerprint density at radius 2 is 1.84 bits per heavy atom. The van der Waals surface area contributed by atoms with Crippen molar-refractivity contribution in [2.24, 2.45) is 0 Å². The summed E-state index contributed by atoms with van der Waals surface area (Å²) in [4.78, 5) is 17.9. The van der Waals surface area contributed by atoms with E-state index in [0.29, 0.717) is 53.5 Å². The van der Waals surface area contributed by atoms with Gasteiger partial charge in [-0.25, -0.2) is 4.68 Å². The van der Waals surface area contributed by atoms with Gasteiger partial charge in [0.05, 0.1) is 12.2 Å². The number of fused-ring (bicyclic) bond motifs is 1. The molecule has 8 nitrogen and oxygen atoms in total. The highest BCUT2D eigenvalue weighted by Gasteiger charge is 2.34. The highest BCUT2D eigenvalue weighted by molar-refractivity contribution is 6.31. The van der Waals surface area contributed by atoms with Gasteiger partial charge in [0.2, 0.25) is 5.95 Å². The largest absolute Gasteiger partial charge is 0.490 e. The molecule has 0 bridgehead atoms. The summed E-state index contributed by atoms with van der Waals surface area (Å²) in [6.07, 6.45) is 1.47. The number of aromatic nitrogens is 3. The van der Waals surface area contributed by atoms with Gasteiger partial charge in [-0.2, -0.15) is 10.1 Å². The van der Waals surface area contributed by atoms with Crippen LogP contribution >= 0.6 is 11.6 Å². The van der Waals surface area contributed by atoms with Gasteiger partial charge in [0.25, 0.3) is 5.91 Å². The molecular weight excluding hydrogens is 502 g/mol. The second kappa shape index (κ2) is 11.4. The molecule has 2 N–H and O–H groups in total. The Morgan fingerprint density at radius 3 is 2.63 bits per heavy atom. The number of allylic oxidation sites excluding steroid dienone is 1. The van der Waals surface area contributed by atoms with Gasteiger partial charge in [0, 0.05) is 22.8 Å². The molecule has 3 aromatic carbocycles. The van der Waals surface area contributed by atoms with E-state index in [0.717, 1.165) is 16.7 Å². The topological polar surface area (TPSA) is 90.3 Å². The minimum absolute atomic E-state index is 0.193. The van der Waals surface area contributed by atoms with Gasteiger partial charge in [-0.1, -0.05) is 66.2 Å². The smallest absolute Gasteiger partial charge is 0.251 e. The van der Waals surface area contributed by atoms with Crippen LogP contribution in [0.15, 0.2) is 90.4 Å². The Morgan fingerprint density at radius 1 is 1.05 bits per heavy atom. The van der Waals surface area contributed by atoms with Gasteiger partial charge in [-0.05, 0) is 43.2 Å². The number of nitrogens with one attached hydrogen (secondary N) is 2. The molecule has 1 aliphatic rings. The summed E-state index contributed by atoms with van der Waals surface area (Å²) in [5.41, 5.74) is 3.96. The number of rotatable bonds is 9. The molecule has 194 valence electrons. The van der Waals surface area contributed by atoms with Crippen molar-refractivity contribution in [3.05, 3.63) is 112 Å². The number of nitrogens with zero attached hydrogens (tertiary/aromatic N) is 3. The van der Waals surface area contributed by atoms with Gasteiger partial charge in [-0.3, -0.25) is 4.79 Å². The van der Waals surface area contributed by atoms with E-state index >= 15 is 0 Å². The molecule has 1 atom stereocenters.